The molecule has 0 aliphatic heterocycles. The molecular weight excluding hydrogens is 197 g/mol. The Balaban J connectivity index is 2.55. The number of imidazole rings is 1. The van der Waals surface area contributed by atoms with Crippen molar-refractivity contribution in [2.24, 2.45) is 0 Å². The van der Waals surface area contributed by atoms with Gasteiger partial charge in [-0.25, -0.2) is 9.37 Å². The topological polar surface area (TPSA) is 37.9 Å². The van der Waals surface area contributed by atoms with Gasteiger partial charge in [0.2, 0.25) is 0 Å². The normalized spacial score (nSPS) is 11.1. The summed E-state index contributed by atoms with van der Waals surface area (Å²) in [5.41, 5.74) is 0.507. The van der Waals surface area contributed by atoms with Crippen LogP contribution in [0, 0.1) is 5.82 Å². The fourth-order valence-corrected chi connectivity index (χ4v) is 1.17. The van der Waals surface area contributed by atoms with Gasteiger partial charge in [0.25, 0.3) is 0 Å². The zero-order valence-corrected chi connectivity index (χ0v) is 6.80. The van der Waals surface area contributed by atoms with Crippen LogP contribution in [-0.4, -0.2) is 16.6 Å². The lowest BCUT2D eigenvalue weighted by Crippen LogP contribution is -2.02. The molecule has 0 unspecified atom stereocenters. The predicted molar refractivity (Wildman–Crippen MR) is 42.7 cm³/mol. The molecule has 0 radical (unpaired) electrons. The van der Waals surface area contributed by atoms with Gasteiger partial charge in [-0.1, -0.05) is 0 Å². The standard InChI is InChI=1S/C8H5F3N2O/c9-4-1-5-7(13-3-12-5)6(2-4)14-8(10)11/h1-3,8H,(H,12,13). The second kappa shape index (κ2) is 3.21. The second-order valence-electron chi connectivity index (χ2n) is 2.58. The van der Waals surface area contributed by atoms with E-state index in [-0.39, 0.29) is 11.3 Å². The van der Waals surface area contributed by atoms with Gasteiger partial charge in [0.1, 0.15) is 11.3 Å². The number of H-pyrrole nitrogens is 1. The van der Waals surface area contributed by atoms with Crippen molar-refractivity contribution in [1.29, 1.82) is 0 Å². The molecule has 1 heterocycles. The molecule has 0 saturated heterocycles. The molecule has 0 aliphatic carbocycles. The van der Waals surface area contributed by atoms with E-state index < -0.39 is 12.4 Å². The summed E-state index contributed by atoms with van der Waals surface area (Å²) in [6, 6.07) is 2.02. The highest BCUT2D eigenvalue weighted by molar-refractivity contribution is 5.81. The highest BCUT2D eigenvalue weighted by Crippen LogP contribution is 2.25. The SMILES string of the molecule is Fc1cc(OC(F)F)c2nc[nH]c2c1. The van der Waals surface area contributed by atoms with Crippen LogP contribution in [0.4, 0.5) is 13.2 Å². The Kier molecular flexibility index (Phi) is 2.03. The van der Waals surface area contributed by atoms with E-state index in [1.54, 1.807) is 0 Å². The van der Waals surface area contributed by atoms with Crippen molar-refractivity contribution >= 4 is 11.0 Å². The molecule has 2 rings (SSSR count). The van der Waals surface area contributed by atoms with Gasteiger partial charge >= 0.3 is 6.61 Å². The van der Waals surface area contributed by atoms with Crippen molar-refractivity contribution in [1.82, 2.24) is 9.97 Å². The van der Waals surface area contributed by atoms with E-state index in [0.29, 0.717) is 5.52 Å². The third-order valence-electron chi connectivity index (χ3n) is 1.67. The van der Waals surface area contributed by atoms with Gasteiger partial charge in [0, 0.05) is 6.07 Å². The maximum absolute atomic E-state index is 12.9. The summed E-state index contributed by atoms with van der Waals surface area (Å²) in [4.78, 5) is 6.33. The smallest absolute Gasteiger partial charge is 0.387 e. The fourth-order valence-electron chi connectivity index (χ4n) is 1.17. The number of aromatic amines is 1. The van der Waals surface area contributed by atoms with Crippen LogP contribution in [0.15, 0.2) is 18.5 Å². The molecule has 3 nitrogen and oxygen atoms in total. The molecule has 0 saturated carbocycles. The molecule has 1 aromatic carbocycles. The summed E-state index contributed by atoms with van der Waals surface area (Å²) in [6.45, 7) is -2.99. The number of hydrogen-bond acceptors (Lipinski definition) is 2. The summed E-state index contributed by atoms with van der Waals surface area (Å²) < 4.78 is 40.8. The number of benzene rings is 1. The van der Waals surface area contributed by atoms with Gasteiger partial charge < -0.3 is 9.72 Å². The first-order valence-corrected chi connectivity index (χ1v) is 3.74. The van der Waals surface area contributed by atoms with Gasteiger partial charge in [-0.05, 0) is 6.07 Å². The molecule has 0 spiro atoms. The van der Waals surface area contributed by atoms with E-state index in [4.69, 9.17) is 0 Å². The highest BCUT2D eigenvalue weighted by Gasteiger charge is 2.11. The maximum atomic E-state index is 12.9. The van der Waals surface area contributed by atoms with Crippen LogP contribution in [-0.2, 0) is 0 Å². The minimum atomic E-state index is -2.99. The zero-order chi connectivity index (χ0) is 10.1. The second-order valence-corrected chi connectivity index (χ2v) is 2.58. The number of nitrogens with one attached hydrogen (secondary N) is 1. The van der Waals surface area contributed by atoms with E-state index in [9.17, 15) is 13.2 Å². The van der Waals surface area contributed by atoms with E-state index >= 15 is 0 Å². The van der Waals surface area contributed by atoms with E-state index in [1.807, 2.05) is 0 Å². The first-order chi connectivity index (χ1) is 6.66. The highest BCUT2D eigenvalue weighted by atomic mass is 19.3. The number of alkyl halides is 2. The maximum Gasteiger partial charge on any atom is 0.387 e. The Morgan fingerprint density at radius 2 is 2.14 bits per heavy atom. The first-order valence-electron chi connectivity index (χ1n) is 3.74. The number of rotatable bonds is 2. The van der Waals surface area contributed by atoms with Gasteiger partial charge in [0.05, 0.1) is 11.8 Å². The molecule has 1 aromatic heterocycles. The quantitative estimate of drug-likeness (QED) is 0.811. The van der Waals surface area contributed by atoms with Gasteiger partial charge in [0.15, 0.2) is 5.75 Å². The molecule has 0 fully saturated rings. The van der Waals surface area contributed by atoms with Gasteiger partial charge in [-0.3, -0.25) is 0 Å². The molecule has 0 amide bonds. The number of nitrogens with zero attached hydrogens (tertiary/aromatic N) is 1. The number of halogens is 3. The van der Waals surface area contributed by atoms with Crippen LogP contribution in [0.5, 0.6) is 5.75 Å². The Morgan fingerprint density at radius 1 is 1.36 bits per heavy atom. The lowest BCUT2D eigenvalue weighted by molar-refractivity contribution is -0.0490. The number of ether oxygens (including phenoxy) is 1. The molecule has 0 aliphatic rings. The summed E-state index contributed by atoms with van der Waals surface area (Å²) in [7, 11) is 0. The summed E-state index contributed by atoms with van der Waals surface area (Å²) in [5, 5.41) is 0. The van der Waals surface area contributed by atoms with Crippen LogP contribution in [0.2, 0.25) is 0 Å². The molecule has 0 atom stereocenters. The lowest BCUT2D eigenvalue weighted by Gasteiger charge is -2.04. The fraction of sp³-hybridized carbons (Fsp3) is 0.125. The zero-order valence-electron chi connectivity index (χ0n) is 6.80. The molecule has 0 bridgehead atoms. The minimum absolute atomic E-state index is 0.187. The van der Waals surface area contributed by atoms with Crippen molar-refractivity contribution in [3.8, 4) is 5.75 Å². The summed E-state index contributed by atoms with van der Waals surface area (Å²) in [6.07, 6.45) is 1.28. The third-order valence-corrected chi connectivity index (χ3v) is 1.67. The number of aromatic nitrogens is 2. The Labute approximate surface area is 76.5 Å². The first kappa shape index (κ1) is 8.86. The van der Waals surface area contributed by atoms with Crippen molar-refractivity contribution in [3.63, 3.8) is 0 Å². The van der Waals surface area contributed by atoms with E-state index in [0.717, 1.165) is 12.1 Å². The summed E-state index contributed by atoms with van der Waals surface area (Å²) in [5.74, 6) is -0.923. The monoisotopic (exact) mass is 202 g/mol. The number of hydrogen-bond donors (Lipinski definition) is 1. The van der Waals surface area contributed by atoms with Crippen LogP contribution >= 0.6 is 0 Å². The molecular formula is C8H5F3N2O. The average molecular weight is 202 g/mol. The van der Waals surface area contributed by atoms with Gasteiger partial charge in [-0.15, -0.1) is 0 Å². The van der Waals surface area contributed by atoms with Crippen molar-refractivity contribution in [2.45, 2.75) is 6.61 Å². The Morgan fingerprint density at radius 3 is 2.86 bits per heavy atom. The molecule has 1 N–H and O–H groups in total. The Bertz CT molecular complexity index is 455. The largest absolute Gasteiger partial charge is 0.432 e. The number of fused-ring (bicyclic) bond motifs is 1. The third kappa shape index (κ3) is 1.50. The van der Waals surface area contributed by atoms with Crippen LogP contribution in [0.1, 0.15) is 0 Å². The molecule has 74 valence electrons. The minimum Gasteiger partial charge on any atom is -0.432 e. The van der Waals surface area contributed by atoms with Gasteiger partial charge in [-0.2, -0.15) is 8.78 Å². The Hall–Kier alpha value is -1.72. The van der Waals surface area contributed by atoms with Crippen LogP contribution in [0.3, 0.4) is 0 Å². The van der Waals surface area contributed by atoms with Crippen molar-refractivity contribution < 1.29 is 17.9 Å². The van der Waals surface area contributed by atoms with Crippen molar-refractivity contribution in [3.05, 3.63) is 24.3 Å². The van der Waals surface area contributed by atoms with Crippen LogP contribution in [0.25, 0.3) is 11.0 Å². The predicted octanol–water partition coefficient (Wildman–Crippen LogP) is 2.30. The average Bonchev–Trinajstić information content (AvgIpc) is 2.50. The molecule has 6 heteroatoms. The molecule has 2 aromatic rings. The molecule has 14 heavy (non-hydrogen) atoms. The van der Waals surface area contributed by atoms with E-state index in [1.165, 1.54) is 6.33 Å². The lowest BCUT2D eigenvalue weighted by atomic mass is 10.3. The van der Waals surface area contributed by atoms with Crippen molar-refractivity contribution in [2.75, 3.05) is 0 Å². The van der Waals surface area contributed by atoms with Crippen LogP contribution < -0.4 is 4.74 Å². The van der Waals surface area contributed by atoms with E-state index in [2.05, 4.69) is 14.7 Å². The summed E-state index contributed by atoms with van der Waals surface area (Å²) >= 11 is 0.